The zero-order valence-corrected chi connectivity index (χ0v) is 42.0. The molecule has 0 saturated heterocycles. The lowest BCUT2D eigenvalue weighted by Gasteiger charge is -2.29. The van der Waals surface area contributed by atoms with Gasteiger partial charge in [-0.25, -0.2) is 0 Å². The number of furan rings is 3. The highest BCUT2D eigenvalue weighted by atomic mass is 16.3. The maximum atomic E-state index is 6.51. The first-order valence-electron chi connectivity index (χ1n) is 25.9. The van der Waals surface area contributed by atoms with Gasteiger partial charge in [-0.05, 0) is 171 Å². The van der Waals surface area contributed by atoms with E-state index in [1.165, 1.54) is 66.8 Å². The Balaban J connectivity index is 0.810. The summed E-state index contributed by atoms with van der Waals surface area (Å²) in [6.45, 7) is 9.22. The summed E-state index contributed by atoms with van der Waals surface area (Å²) >= 11 is 0. The Morgan fingerprint density at radius 1 is 0.293 bits per heavy atom. The van der Waals surface area contributed by atoms with Crippen LogP contribution < -0.4 is 4.90 Å². The normalized spacial score (nSPS) is 12.9. The molecule has 0 bridgehead atoms. The number of hydrogen-bond donors (Lipinski definition) is 0. The molecule has 0 spiro atoms. The third-order valence-electron chi connectivity index (χ3n) is 16.2. The second kappa shape index (κ2) is 16.3. The van der Waals surface area contributed by atoms with Crippen molar-refractivity contribution in [2.75, 3.05) is 4.90 Å². The van der Waals surface area contributed by atoms with Gasteiger partial charge in [-0.2, -0.15) is 0 Å². The number of para-hydroxylation sites is 4. The SMILES string of the molecule is Cc1cc(-c2ccc3oc4ccccc4c3c2)ccc1-c1ccc(N(c2ccc(-c3cccc4c3oc3ccccc34)cc2)c2ccc3c(c2)C(C)(C)c2cc(-c4ccc5oc6ccccc6c5c4)ccc2-3)cc1C. The fourth-order valence-electron chi connectivity index (χ4n) is 12.3. The van der Waals surface area contributed by atoms with Gasteiger partial charge >= 0.3 is 0 Å². The van der Waals surface area contributed by atoms with Crippen LogP contribution in [-0.2, 0) is 5.41 Å². The van der Waals surface area contributed by atoms with Gasteiger partial charge in [0, 0.05) is 60.4 Å². The van der Waals surface area contributed by atoms with Crippen LogP contribution in [0.5, 0.6) is 0 Å². The van der Waals surface area contributed by atoms with Crippen molar-refractivity contribution < 1.29 is 13.3 Å². The molecule has 1 aliphatic carbocycles. The highest BCUT2D eigenvalue weighted by Crippen LogP contribution is 2.52. The van der Waals surface area contributed by atoms with E-state index < -0.39 is 0 Å². The van der Waals surface area contributed by atoms with E-state index in [-0.39, 0.29) is 5.41 Å². The van der Waals surface area contributed by atoms with Crippen LogP contribution in [0.1, 0.15) is 36.1 Å². The van der Waals surface area contributed by atoms with Crippen molar-refractivity contribution in [1.82, 2.24) is 0 Å². The molecule has 15 rings (SSSR count). The van der Waals surface area contributed by atoms with Gasteiger partial charge in [0.2, 0.25) is 0 Å². The number of anilines is 3. The molecule has 0 N–H and O–H groups in total. The Labute approximate surface area is 434 Å². The van der Waals surface area contributed by atoms with Crippen LogP contribution in [0.15, 0.2) is 238 Å². The van der Waals surface area contributed by atoms with E-state index in [0.29, 0.717) is 0 Å². The summed E-state index contributed by atoms with van der Waals surface area (Å²) in [5, 5.41) is 6.81. The first kappa shape index (κ1) is 43.2. The van der Waals surface area contributed by atoms with Crippen molar-refractivity contribution in [1.29, 1.82) is 0 Å². The molecule has 11 aromatic carbocycles. The minimum Gasteiger partial charge on any atom is -0.456 e. The molecule has 0 radical (unpaired) electrons. The Kier molecular flexibility index (Phi) is 9.40. The number of fused-ring (bicyclic) bond motifs is 12. The second-order valence-electron chi connectivity index (χ2n) is 20.9. The van der Waals surface area contributed by atoms with Gasteiger partial charge in [0.25, 0.3) is 0 Å². The van der Waals surface area contributed by atoms with Crippen molar-refractivity contribution >= 4 is 82.9 Å². The number of hydrogen-bond acceptors (Lipinski definition) is 4. The van der Waals surface area contributed by atoms with Crippen LogP contribution in [0.2, 0.25) is 0 Å². The van der Waals surface area contributed by atoms with Gasteiger partial charge in [0.05, 0.1) is 0 Å². The molecule has 0 fully saturated rings. The fourth-order valence-corrected chi connectivity index (χ4v) is 12.3. The highest BCUT2D eigenvalue weighted by molar-refractivity contribution is 6.10. The Morgan fingerprint density at radius 3 is 1.33 bits per heavy atom. The predicted octanol–water partition coefficient (Wildman–Crippen LogP) is 20.4. The predicted molar refractivity (Wildman–Crippen MR) is 312 cm³/mol. The molecule has 1 aliphatic rings. The molecule has 0 saturated carbocycles. The lowest BCUT2D eigenvalue weighted by Crippen LogP contribution is -2.16. The van der Waals surface area contributed by atoms with Gasteiger partial charge in [0.15, 0.2) is 0 Å². The quantitative estimate of drug-likeness (QED) is 0.160. The molecular formula is C71H49NO3. The largest absolute Gasteiger partial charge is 0.456 e. The first-order chi connectivity index (χ1) is 36.7. The van der Waals surface area contributed by atoms with Gasteiger partial charge in [-0.3, -0.25) is 0 Å². The highest BCUT2D eigenvalue weighted by Gasteiger charge is 2.36. The first-order valence-corrected chi connectivity index (χ1v) is 25.9. The molecular weight excluding hydrogens is 915 g/mol. The van der Waals surface area contributed by atoms with E-state index in [1.54, 1.807) is 0 Å². The molecule has 3 heterocycles. The van der Waals surface area contributed by atoms with E-state index in [4.69, 9.17) is 13.3 Å². The van der Waals surface area contributed by atoms with Crippen LogP contribution in [0.4, 0.5) is 17.1 Å². The summed E-state index contributed by atoms with van der Waals surface area (Å²) in [7, 11) is 0. The van der Waals surface area contributed by atoms with Gasteiger partial charge in [-0.1, -0.05) is 153 Å². The average molecular weight is 964 g/mol. The Hall–Kier alpha value is -9.38. The smallest absolute Gasteiger partial charge is 0.143 e. The van der Waals surface area contributed by atoms with Crippen LogP contribution in [0, 0.1) is 13.8 Å². The monoisotopic (exact) mass is 963 g/mol. The van der Waals surface area contributed by atoms with Gasteiger partial charge in [0.1, 0.15) is 33.5 Å². The summed E-state index contributed by atoms with van der Waals surface area (Å²) in [6, 6.07) is 81.3. The van der Waals surface area contributed by atoms with Crippen LogP contribution in [0.25, 0.3) is 121 Å². The van der Waals surface area contributed by atoms with Gasteiger partial charge < -0.3 is 18.2 Å². The topological polar surface area (TPSA) is 42.7 Å². The number of benzene rings is 11. The molecule has 356 valence electrons. The molecule has 0 amide bonds. The van der Waals surface area contributed by atoms with Crippen molar-refractivity contribution in [3.8, 4) is 55.6 Å². The molecule has 0 aliphatic heterocycles. The minimum absolute atomic E-state index is 0.258. The van der Waals surface area contributed by atoms with Crippen LogP contribution in [0.3, 0.4) is 0 Å². The van der Waals surface area contributed by atoms with E-state index in [1.807, 2.05) is 36.4 Å². The lowest BCUT2D eigenvalue weighted by atomic mass is 9.81. The third kappa shape index (κ3) is 6.76. The van der Waals surface area contributed by atoms with Crippen LogP contribution in [-0.4, -0.2) is 0 Å². The summed E-state index contributed by atoms with van der Waals surface area (Å²) in [6.07, 6.45) is 0. The van der Waals surface area contributed by atoms with E-state index in [0.717, 1.165) is 94.0 Å². The van der Waals surface area contributed by atoms with Crippen molar-refractivity contribution in [2.24, 2.45) is 0 Å². The number of rotatable bonds is 7. The van der Waals surface area contributed by atoms with Crippen molar-refractivity contribution in [2.45, 2.75) is 33.1 Å². The molecule has 0 atom stereocenters. The standard InChI is InChI=1S/C71H49NO3/c1-42-36-45(46-24-34-68-61(38-46)58-13-6-8-17-65(58)73-68)22-30-52(42)53-32-28-50(37-43(53)2)72(49-26-20-44(21-27-49)54-15-11-16-60-57-12-5-10-19-67(57)75-70(54)60)51-29-33-56-55-31-23-48(40-63(55)71(3,4)64(56)41-51)47-25-35-69-62(39-47)59-14-7-9-18-66(59)74-69/h5-41H,1-4H3. The second-order valence-corrected chi connectivity index (χ2v) is 20.9. The van der Waals surface area contributed by atoms with E-state index >= 15 is 0 Å². The molecule has 14 aromatic rings. The summed E-state index contributed by atoms with van der Waals surface area (Å²) in [4.78, 5) is 2.42. The van der Waals surface area contributed by atoms with Crippen molar-refractivity contribution in [3.63, 3.8) is 0 Å². The fraction of sp³-hybridized carbons (Fsp3) is 0.0704. The molecule has 4 nitrogen and oxygen atoms in total. The van der Waals surface area contributed by atoms with Crippen molar-refractivity contribution in [3.05, 3.63) is 247 Å². The third-order valence-corrected chi connectivity index (χ3v) is 16.2. The maximum absolute atomic E-state index is 6.51. The zero-order chi connectivity index (χ0) is 50.1. The van der Waals surface area contributed by atoms with Crippen LogP contribution >= 0.6 is 0 Å². The number of nitrogens with zero attached hydrogens (tertiary/aromatic N) is 1. The number of aryl methyl sites for hydroxylation is 2. The summed E-state index contributed by atoms with van der Waals surface area (Å²) in [5.74, 6) is 0. The van der Waals surface area contributed by atoms with E-state index in [2.05, 4.69) is 221 Å². The molecule has 75 heavy (non-hydrogen) atoms. The maximum Gasteiger partial charge on any atom is 0.143 e. The zero-order valence-electron chi connectivity index (χ0n) is 42.0. The lowest BCUT2D eigenvalue weighted by molar-refractivity contribution is 0.660. The summed E-state index contributed by atoms with van der Waals surface area (Å²) < 4.78 is 18.9. The van der Waals surface area contributed by atoms with Gasteiger partial charge in [-0.15, -0.1) is 0 Å². The Morgan fingerprint density at radius 2 is 0.720 bits per heavy atom. The average Bonchev–Trinajstić information content (AvgIpc) is 4.21. The summed E-state index contributed by atoms with van der Waals surface area (Å²) in [5.41, 5.74) is 25.5. The van der Waals surface area contributed by atoms with E-state index in [9.17, 15) is 0 Å². The molecule has 4 heteroatoms. The molecule has 3 aromatic heterocycles. The molecule has 0 unspecified atom stereocenters. The Bertz CT molecular complexity index is 4660. The minimum atomic E-state index is -0.258.